The molecular weight excluding hydrogens is 339 g/mol. The molecule has 0 bridgehead atoms. The molecule has 4 nitrogen and oxygen atoms in total. The first kappa shape index (κ1) is 15.4. The van der Waals surface area contributed by atoms with E-state index in [9.17, 15) is 12.8 Å². The number of fused-ring (bicyclic) bond motifs is 1. The molecule has 2 N–H and O–H groups in total. The van der Waals surface area contributed by atoms with E-state index in [1.165, 1.54) is 18.3 Å². The molecule has 23 heavy (non-hydrogen) atoms. The fraction of sp³-hybridized carbons (Fsp3) is 0. The van der Waals surface area contributed by atoms with Crippen molar-refractivity contribution < 1.29 is 12.8 Å². The van der Waals surface area contributed by atoms with E-state index >= 15 is 0 Å². The Balaban J connectivity index is 2.03. The Morgan fingerprint density at radius 2 is 2.00 bits per heavy atom. The highest BCUT2D eigenvalue weighted by Crippen LogP contribution is 2.27. The molecule has 3 rings (SSSR count). The maximum absolute atomic E-state index is 13.9. The van der Waals surface area contributed by atoms with Gasteiger partial charge >= 0.3 is 0 Å². The van der Waals surface area contributed by atoms with Crippen LogP contribution in [-0.4, -0.2) is 13.4 Å². The van der Waals surface area contributed by atoms with E-state index in [0.29, 0.717) is 21.5 Å². The molecule has 1 aromatic heterocycles. The minimum atomic E-state index is -3.97. The van der Waals surface area contributed by atoms with E-state index in [4.69, 9.17) is 18.0 Å². The Bertz CT molecular complexity index is 1050. The van der Waals surface area contributed by atoms with Crippen LogP contribution in [0.15, 0.2) is 47.5 Å². The lowest BCUT2D eigenvalue weighted by atomic mass is 10.2. The van der Waals surface area contributed by atoms with Crippen LogP contribution in [0.5, 0.6) is 0 Å². The number of halogens is 2. The monoisotopic (exact) mass is 348 g/mol. The van der Waals surface area contributed by atoms with Crippen molar-refractivity contribution in [2.24, 2.45) is 0 Å². The smallest absolute Gasteiger partial charge is 0.264 e. The Labute approximate surface area is 137 Å². The minimum Gasteiger partial charge on any atom is -0.360 e. The topological polar surface area (TPSA) is 62.0 Å². The van der Waals surface area contributed by atoms with Crippen molar-refractivity contribution in [3.63, 3.8) is 0 Å². The van der Waals surface area contributed by atoms with Crippen LogP contribution in [-0.2, 0) is 10.0 Å². The van der Waals surface area contributed by atoms with E-state index in [-0.39, 0.29) is 10.6 Å². The molecule has 0 unspecified atom stereocenters. The van der Waals surface area contributed by atoms with Crippen LogP contribution in [0.25, 0.3) is 10.9 Å². The molecule has 0 saturated heterocycles. The molecule has 7 heteroatoms. The SMILES string of the molecule is C#Cc1ccc(NS(=O)(=O)c2c[nH]c3cc(Cl)ccc23)c(F)c1. The maximum atomic E-state index is 13.9. The van der Waals surface area contributed by atoms with Gasteiger partial charge in [-0.3, -0.25) is 4.72 Å². The predicted octanol–water partition coefficient (Wildman–Crippen LogP) is 3.74. The molecule has 0 spiro atoms. The lowest BCUT2D eigenvalue weighted by Gasteiger charge is -2.08. The number of aromatic nitrogens is 1. The van der Waals surface area contributed by atoms with Gasteiger partial charge in [0.05, 0.1) is 5.69 Å². The first-order valence-electron chi connectivity index (χ1n) is 6.46. The Kier molecular flexibility index (Phi) is 3.76. The van der Waals surface area contributed by atoms with Crippen molar-refractivity contribution in [1.82, 2.24) is 4.98 Å². The summed E-state index contributed by atoms with van der Waals surface area (Å²) in [5.74, 6) is 1.54. The molecule has 0 radical (unpaired) electrons. The lowest BCUT2D eigenvalue weighted by molar-refractivity contribution is 0.599. The number of anilines is 1. The second-order valence-corrected chi connectivity index (χ2v) is 6.87. The van der Waals surface area contributed by atoms with Gasteiger partial charge in [-0.1, -0.05) is 17.5 Å². The number of benzene rings is 2. The molecule has 0 aliphatic heterocycles. The number of sulfonamides is 1. The molecule has 0 fully saturated rings. The Morgan fingerprint density at radius 3 is 2.70 bits per heavy atom. The molecule has 3 aromatic rings. The molecule has 0 saturated carbocycles. The average Bonchev–Trinajstić information content (AvgIpc) is 2.93. The predicted molar refractivity (Wildman–Crippen MR) is 88.5 cm³/mol. The van der Waals surface area contributed by atoms with Gasteiger partial charge in [0.15, 0.2) is 0 Å². The largest absolute Gasteiger partial charge is 0.360 e. The quantitative estimate of drug-likeness (QED) is 0.708. The molecule has 2 aromatic carbocycles. The van der Waals surface area contributed by atoms with E-state index in [2.05, 4.69) is 15.6 Å². The van der Waals surface area contributed by atoms with Gasteiger partial charge in [0.1, 0.15) is 10.7 Å². The highest BCUT2D eigenvalue weighted by molar-refractivity contribution is 7.93. The second kappa shape index (κ2) is 5.61. The fourth-order valence-electron chi connectivity index (χ4n) is 2.18. The number of H-pyrrole nitrogens is 1. The van der Waals surface area contributed by atoms with Gasteiger partial charge in [-0.05, 0) is 36.4 Å². The van der Waals surface area contributed by atoms with Crippen LogP contribution in [0.1, 0.15) is 5.56 Å². The third-order valence-electron chi connectivity index (χ3n) is 3.28. The van der Waals surface area contributed by atoms with E-state index in [1.807, 2.05) is 0 Å². The van der Waals surface area contributed by atoms with E-state index in [0.717, 1.165) is 6.07 Å². The van der Waals surface area contributed by atoms with Crippen LogP contribution in [0.4, 0.5) is 10.1 Å². The molecular formula is C16H10ClFN2O2S. The summed E-state index contributed by atoms with van der Waals surface area (Å²) < 4.78 is 41.1. The molecule has 1 heterocycles. The fourth-order valence-corrected chi connectivity index (χ4v) is 3.60. The zero-order valence-electron chi connectivity index (χ0n) is 11.6. The van der Waals surface area contributed by atoms with Gasteiger partial charge in [-0.25, -0.2) is 12.8 Å². The zero-order valence-corrected chi connectivity index (χ0v) is 13.2. The second-order valence-electron chi connectivity index (χ2n) is 4.79. The van der Waals surface area contributed by atoms with Crippen molar-refractivity contribution in [3.8, 4) is 12.3 Å². The summed E-state index contributed by atoms with van der Waals surface area (Å²) >= 11 is 5.87. The number of aromatic amines is 1. The van der Waals surface area contributed by atoms with Gasteiger partial charge in [0, 0.05) is 27.7 Å². The summed E-state index contributed by atoms with van der Waals surface area (Å²) in [6.45, 7) is 0. The van der Waals surface area contributed by atoms with Crippen molar-refractivity contribution in [3.05, 3.63) is 59.0 Å². The molecule has 0 atom stereocenters. The Morgan fingerprint density at radius 1 is 1.22 bits per heavy atom. The normalized spacial score (nSPS) is 11.3. The maximum Gasteiger partial charge on any atom is 0.264 e. The molecule has 0 aliphatic carbocycles. The van der Waals surface area contributed by atoms with Crippen molar-refractivity contribution in [1.29, 1.82) is 0 Å². The summed E-state index contributed by atoms with van der Waals surface area (Å²) in [5.41, 5.74) is 0.723. The number of nitrogens with one attached hydrogen (secondary N) is 2. The number of hydrogen-bond acceptors (Lipinski definition) is 2. The van der Waals surface area contributed by atoms with E-state index < -0.39 is 15.8 Å². The standard InChI is InChI=1S/C16H10ClFN2O2S/c1-2-10-3-6-14(13(18)7-10)20-23(21,22)16-9-19-15-8-11(17)4-5-12(15)16/h1,3-9,19-20H. The number of rotatable bonds is 3. The summed E-state index contributed by atoms with van der Waals surface area (Å²) in [4.78, 5) is 2.83. The first-order valence-corrected chi connectivity index (χ1v) is 8.32. The van der Waals surface area contributed by atoms with Crippen LogP contribution in [0.3, 0.4) is 0 Å². The zero-order chi connectivity index (χ0) is 16.6. The summed E-state index contributed by atoms with van der Waals surface area (Å²) in [5, 5.41) is 0.940. The van der Waals surface area contributed by atoms with Gasteiger partial charge < -0.3 is 4.98 Å². The van der Waals surface area contributed by atoms with Gasteiger partial charge in [-0.2, -0.15) is 0 Å². The Hall–Kier alpha value is -2.49. The third-order valence-corrected chi connectivity index (χ3v) is 4.92. The van der Waals surface area contributed by atoms with Crippen molar-refractivity contribution in [2.75, 3.05) is 4.72 Å². The van der Waals surface area contributed by atoms with Crippen molar-refractivity contribution >= 4 is 38.2 Å². The first-order chi connectivity index (χ1) is 10.9. The summed E-state index contributed by atoms with van der Waals surface area (Å²) in [6, 6.07) is 8.61. The molecule has 116 valence electrons. The van der Waals surface area contributed by atoms with Gasteiger partial charge in [-0.15, -0.1) is 6.42 Å². The van der Waals surface area contributed by atoms with Gasteiger partial charge in [0.2, 0.25) is 0 Å². The minimum absolute atomic E-state index is 0.00425. The highest BCUT2D eigenvalue weighted by atomic mass is 35.5. The van der Waals surface area contributed by atoms with Crippen LogP contribution in [0, 0.1) is 18.2 Å². The third kappa shape index (κ3) is 2.89. The van der Waals surface area contributed by atoms with Crippen LogP contribution in [0.2, 0.25) is 5.02 Å². The van der Waals surface area contributed by atoms with Crippen LogP contribution >= 0.6 is 11.6 Å². The average molecular weight is 349 g/mol. The molecule has 0 aliphatic rings. The lowest BCUT2D eigenvalue weighted by Crippen LogP contribution is -2.13. The number of terminal acetylenes is 1. The van der Waals surface area contributed by atoms with Gasteiger partial charge in [0.25, 0.3) is 10.0 Å². The highest BCUT2D eigenvalue weighted by Gasteiger charge is 2.20. The number of hydrogen-bond donors (Lipinski definition) is 2. The van der Waals surface area contributed by atoms with E-state index in [1.54, 1.807) is 18.2 Å². The summed E-state index contributed by atoms with van der Waals surface area (Å²) in [6.07, 6.45) is 6.51. The molecule has 0 amide bonds. The summed E-state index contributed by atoms with van der Waals surface area (Å²) in [7, 11) is -3.97. The van der Waals surface area contributed by atoms with Crippen LogP contribution < -0.4 is 4.72 Å². The van der Waals surface area contributed by atoms with Crippen molar-refractivity contribution in [2.45, 2.75) is 4.90 Å².